The molecule has 27 heavy (non-hydrogen) atoms. The molecule has 3 aromatic rings. The molecule has 2 N–H and O–H groups in total. The molecule has 0 aliphatic carbocycles. The molecule has 3 aromatic heterocycles. The number of hydrogen-bond donors (Lipinski definition) is 2. The molecule has 0 radical (unpaired) electrons. The summed E-state index contributed by atoms with van der Waals surface area (Å²) in [4.78, 5) is 48.0. The van der Waals surface area contributed by atoms with Gasteiger partial charge in [0.2, 0.25) is 5.78 Å². The Bertz CT molecular complexity index is 1040. The highest BCUT2D eigenvalue weighted by molar-refractivity contribution is 7.99. The summed E-state index contributed by atoms with van der Waals surface area (Å²) >= 11 is 2.78. The van der Waals surface area contributed by atoms with Gasteiger partial charge >= 0.3 is 5.97 Å². The minimum Gasteiger partial charge on any atom is -0.456 e. The molecule has 1 atom stereocenters. The van der Waals surface area contributed by atoms with E-state index in [-0.39, 0.29) is 17.9 Å². The third-order valence-electron chi connectivity index (χ3n) is 4.13. The minimum absolute atomic E-state index is 0.163. The van der Waals surface area contributed by atoms with Crippen molar-refractivity contribution >= 4 is 45.1 Å². The van der Waals surface area contributed by atoms with Crippen LogP contribution in [0.15, 0.2) is 23.1 Å². The largest absolute Gasteiger partial charge is 0.456 e. The Labute approximate surface area is 163 Å². The van der Waals surface area contributed by atoms with Crippen molar-refractivity contribution in [1.82, 2.24) is 15.0 Å². The summed E-state index contributed by atoms with van der Waals surface area (Å²) in [5.74, 6) is 0.111. The summed E-state index contributed by atoms with van der Waals surface area (Å²) in [6.45, 7) is 5.26. The van der Waals surface area contributed by atoms with Crippen molar-refractivity contribution in [2.75, 3.05) is 6.61 Å². The first-order valence-electron chi connectivity index (χ1n) is 8.30. The van der Waals surface area contributed by atoms with Crippen molar-refractivity contribution in [2.24, 2.45) is 0 Å². The van der Waals surface area contributed by atoms with Crippen LogP contribution in [-0.4, -0.2) is 38.6 Å². The van der Waals surface area contributed by atoms with E-state index in [0.29, 0.717) is 27.5 Å². The van der Waals surface area contributed by atoms with Gasteiger partial charge in [0.1, 0.15) is 15.9 Å². The number of hydrogen-bond acceptors (Lipinski definition) is 7. The lowest BCUT2D eigenvalue weighted by molar-refractivity contribution is -0.141. The number of ether oxygens (including phenoxy) is 1. The number of thiophene rings is 1. The van der Waals surface area contributed by atoms with Crippen LogP contribution >= 0.6 is 23.1 Å². The number of nitrogens with one attached hydrogen (secondary N) is 2. The fraction of sp³-hybridized carbons (Fsp3) is 0.333. The number of aryl methyl sites for hydroxylation is 2. The molecular weight excluding hydrogens is 386 g/mol. The Kier molecular flexibility index (Phi) is 5.81. The number of ketones is 1. The van der Waals surface area contributed by atoms with Crippen molar-refractivity contribution in [1.29, 1.82) is 0 Å². The van der Waals surface area contributed by atoms with Gasteiger partial charge in [-0.05, 0) is 38.5 Å². The van der Waals surface area contributed by atoms with Crippen molar-refractivity contribution in [3.8, 4) is 0 Å². The quantitative estimate of drug-likeness (QED) is 0.462. The summed E-state index contributed by atoms with van der Waals surface area (Å²) in [5.41, 5.74) is 1.19. The molecule has 0 saturated carbocycles. The number of Topliss-reactive ketones (excluding diaryl/α,β-unsaturated/α-hetero) is 1. The number of rotatable bonds is 7. The van der Waals surface area contributed by atoms with Gasteiger partial charge in [-0.3, -0.25) is 14.4 Å². The molecule has 3 rings (SSSR count). The van der Waals surface area contributed by atoms with Crippen LogP contribution in [0, 0.1) is 13.8 Å². The van der Waals surface area contributed by atoms with Gasteiger partial charge in [-0.15, -0.1) is 23.1 Å². The molecule has 0 amide bonds. The van der Waals surface area contributed by atoms with Crippen LogP contribution in [0.1, 0.15) is 33.7 Å². The predicted octanol–water partition coefficient (Wildman–Crippen LogP) is 2.98. The van der Waals surface area contributed by atoms with Crippen LogP contribution < -0.4 is 5.56 Å². The van der Waals surface area contributed by atoms with Gasteiger partial charge < -0.3 is 14.7 Å². The molecule has 9 heteroatoms. The zero-order valence-electron chi connectivity index (χ0n) is 15.1. The highest BCUT2D eigenvalue weighted by atomic mass is 32.2. The highest BCUT2D eigenvalue weighted by Gasteiger charge is 2.19. The Morgan fingerprint density at radius 1 is 1.37 bits per heavy atom. The Hall–Kier alpha value is -2.39. The first-order chi connectivity index (χ1) is 12.9. The molecule has 0 spiro atoms. The SMILES string of the molecule is Cc1sc2nc(CS[C@H](C)C(=O)OCC(=O)c3ccc[nH]3)[nH]c(=O)c2c1C. The number of carbonyl (C=O) groups is 2. The number of nitrogens with zero attached hydrogens (tertiary/aromatic N) is 1. The second-order valence-corrected chi connectivity index (χ2v) is 8.58. The summed E-state index contributed by atoms with van der Waals surface area (Å²) < 4.78 is 5.07. The number of esters is 1. The fourth-order valence-electron chi connectivity index (χ4n) is 2.48. The molecule has 0 aliphatic rings. The van der Waals surface area contributed by atoms with E-state index in [9.17, 15) is 14.4 Å². The van der Waals surface area contributed by atoms with E-state index < -0.39 is 11.2 Å². The number of H-pyrrole nitrogens is 2. The summed E-state index contributed by atoms with van der Waals surface area (Å²) in [7, 11) is 0. The third-order valence-corrected chi connectivity index (χ3v) is 6.37. The van der Waals surface area contributed by atoms with E-state index in [1.54, 1.807) is 25.3 Å². The number of carbonyl (C=O) groups excluding carboxylic acids is 2. The second kappa shape index (κ2) is 8.10. The van der Waals surface area contributed by atoms with Crippen molar-refractivity contribution in [3.05, 3.63) is 50.6 Å². The Morgan fingerprint density at radius 2 is 2.15 bits per heavy atom. The Balaban J connectivity index is 1.57. The molecule has 0 bridgehead atoms. The second-order valence-electron chi connectivity index (χ2n) is 6.04. The van der Waals surface area contributed by atoms with Gasteiger partial charge in [-0.1, -0.05) is 0 Å². The van der Waals surface area contributed by atoms with E-state index in [1.807, 2.05) is 13.8 Å². The van der Waals surface area contributed by atoms with E-state index in [0.717, 1.165) is 10.4 Å². The van der Waals surface area contributed by atoms with Gasteiger partial charge in [-0.25, -0.2) is 4.98 Å². The van der Waals surface area contributed by atoms with E-state index in [1.165, 1.54) is 23.1 Å². The summed E-state index contributed by atoms with van der Waals surface area (Å²) in [6, 6.07) is 3.33. The van der Waals surface area contributed by atoms with E-state index in [4.69, 9.17) is 4.74 Å². The molecule has 142 valence electrons. The van der Waals surface area contributed by atoms with Gasteiger partial charge in [0, 0.05) is 11.1 Å². The number of aromatic amines is 2. The normalized spacial score (nSPS) is 12.3. The van der Waals surface area contributed by atoms with Crippen molar-refractivity contribution < 1.29 is 14.3 Å². The molecule has 0 fully saturated rings. The lowest BCUT2D eigenvalue weighted by Gasteiger charge is -2.10. The maximum absolute atomic E-state index is 12.3. The Morgan fingerprint density at radius 3 is 2.85 bits per heavy atom. The van der Waals surface area contributed by atoms with Crippen molar-refractivity contribution in [2.45, 2.75) is 31.8 Å². The highest BCUT2D eigenvalue weighted by Crippen LogP contribution is 2.26. The van der Waals surface area contributed by atoms with Crippen LogP contribution in [0.25, 0.3) is 10.2 Å². The zero-order chi connectivity index (χ0) is 19.6. The monoisotopic (exact) mass is 405 g/mol. The summed E-state index contributed by atoms with van der Waals surface area (Å²) in [6.07, 6.45) is 1.63. The first kappa shape index (κ1) is 19.4. The topological polar surface area (TPSA) is 105 Å². The van der Waals surface area contributed by atoms with Crippen molar-refractivity contribution in [3.63, 3.8) is 0 Å². The van der Waals surface area contributed by atoms with Crippen LogP contribution in [0.3, 0.4) is 0 Å². The van der Waals surface area contributed by atoms with Crippen LogP contribution in [-0.2, 0) is 15.3 Å². The van der Waals surface area contributed by atoms with E-state index in [2.05, 4.69) is 15.0 Å². The maximum atomic E-state index is 12.3. The predicted molar refractivity (Wildman–Crippen MR) is 107 cm³/mol. The number of thioether (sulfide) groups is 1. The van der Waals surface area contributed by atoms with Crippen LogP contribution in [0.5, 0.6) is 0 Å². The number of fused-ring (bicyclic) bond motifs is 1. The lowest BCUT2D eigenvalue weighted by atomic mass is 10.2. The lowest BCUT2D eigenvalue weighted by Crippen LogP contribution is -2.22. The molecule has 7 nitrogen and oxygen atoms in total. The molecule has 3 heterocycles. The van der Waals surface area contributed by atoms with Gasteiger partial charge in [0.15, 0.2) is 6.61 Å². The molecule has 0 aromatic carbocycles. The minimum atomic E-state index is -0.491. The molecular formula is C18H19N3O4S2. The number of aromatic nitrogens is 3. The first-order valence-corrected chi connectivity index (χ1v) is 10.2. The molecule has 0 saturated heterocycles. The fourth-order valence-corrected chi connectivity index (χ4v) is 4.27. The van der Waals surface area contributed by atoms with Gasteiger partial charge in [0.25, 0.3) is 5.56 Å². The summed E-state index contributed by atoms with van der Waals surface area (Å²) in [5, 5.41) is 0.135. The average Bonchev–Trinajstić information content (AvgIpc) is 3.26. The van der Waals surface area contributed by atoms with Gasteiger partial charge in [-0.2, -0.15) is 0 Å². The molecule has 0 aliphatic heterocycles. The standard InChI is InChI=1S/C18H19N3O4S2/c1-9-10(2)27-17-15(9)16(23)20-14(21-17)8-26-11(3)18(24)25-7-13(22)12-5-4-6-19-12/h4-6,11,19H,7-8H2,1-3H3,(H,20,21,23)/t11-/m1/s1. The van der Waals surface area contributed by atoms with E-state index >= 15 is 0 Å². The van der Waals surface area contributed by atoms with Crippen LogP contribution in [0.2, 0.25) is 0 Å². The third kappa shape index (κ3) is 4.30. The maximum Gasteiger partial charge on any atom is 0.319 e. The average molecular weight is 406 g/mol. The smallest absolute Gasteiger partial charge is 0.319 e. The zero-order valence-corrected chi connectivity index (χ0v) is 16.8. The van der Waals surface area contributed by atoms with Gasteiger partial charge in [0.05, 0.1) is 16.8 Å². The van der Waals surface area contributed by atoms with Crippen LogP contribution in [0.4, 0.5) is 0 Å². The molecule has 0 unspecified atom stereocenters.